The van der Waals surface area contributed by atoms with Gasteiger partial charge in [-0.25, -0.2) is 4.79 Å². The fraction of sp³-hybridized carbons (Fsp3) is 0.375. The van der Waals surface area contributed by atoms with Gasteiger partial charge < -0.3 is 19.9 Å². The number of hydrogen-bond donors (Lipinski definition) is 1. The van der Waals surface area contributed by atoms with Crippen molar-refractivity contribution in [2.45, 2.75) is 32.9 Å². The highest BCUT2D eigenvalue weighted by Crippen LogP contribution is 2.27. The minimum atomic E-state index is -0.477. The number of anilines is 2. The van der Waals surface area contributed by atoms with Gasteiger partial charge in [0.2, 0.25) is 0 Å². The summed E-state index contributed by atoms with van der Waals surface area (Å²) >= 11 is 0. The lowest BCUT2D eigenvalue weighted by atomic mass is 10.1. The first-order valence-electron chi connectivity index (χ1n) is 10.6. The van der Waals surface area contributed by atoms with Crippen LogP contribution in [0.5, 0.6) is 0 Å². The number of carbonyl (C=O) groups excluding carboxylic acids is 1. The van der Waals surface area contributed by atoms with Crippen molar-refractivity contribution < 1.29 is 9.53 Å². The van der Waals surface area contributed by atoms with Crippen LogP contribution in [0, 0.1) is 0 Å². The van der Waals surface area contributed by atoms with E-state index in [1.54, 1.807) is 11.1 Å². The van der Waals surface area contributed by atoms with Gasteiger partial charge in [0.15, 0.2) is 0 Å². The van der Waals surface area contributed by atoms with Crippen molar-refractivity contribution in [3.05, 3.63) is 60.6 Å². The lowest BCUT2D eigenvalue weighted by Crippen LogP contribution is -2.50. The predicted molar refractivity (Wildman–Crippen MR) is 123 cm³/mol. The number of amides is 1. The number of ether oxygens (including phenoxy) is 1. The molecule has 3 aromatic rings. The highest BCUT2D eigenvalue weighted by molar-refractivity contribution is 5.79. The van der Waals surface area contributed by atoms with Crippen LogP contribution in [0.4, 0.5) is 16.2 Å². The van der Waals surface area contributed by atoms with Crippen LogP contribution in [0.3, 0.4) is 0 Å². The SMILES string of the molecule is CC(C)(C)OC(=O)N1CCN(c2ccncc2NCc2ccc3cccnc3c2)CC1. The first kappa shape index (κ1) is 20.9. The molecule has 4 rings (SSSR count). The maximum Gasteiger partial charge on any atom is 0.410 e. The molecule has 0 saturated carbocycles. The third-order valence-corrected chi connectivity index (χ3v) is 5.22. The number of pyridine rings is 2. The molecule has 31 heavy (non-hydrogen) atoms. The molecule has 1 aromatic carbocycles. The van der Waals surface area contributed by atoms with Crippen LogP contribution in [0.25, 0.3) is 10.9 Å². The molecule has 1 saturated heterocycles. The largest absolute Gasteiger partial charge is 0.444 e. The second kappa shape index (κ2) is 8.79. The normalized spacial score (nSPS) is 14.5. The average molecular weight is 420 g/mol. The zero-order valence-corrected chi connectivity index (χ0v) is 18.3. The third kappa shape index (κ3) is 5.23. The molecule has 3 heterocycles. The van der Waals surface area contributed by atoms with Gasteiger partial charge in [-0.1, -0.05) is 18.2 Å². The standard InChI is InChI=1S/C24H29N5O2/c1-24(2,3)31-23(30)29-13-11-28(12-14-29)22-8-10-25-17-21(22)27-16-18-6-7-19-5-4-9-26-20(19)15-18/h4-10,15,17,27H,11-14,16H2,1-3H3. The van der Waals surface area contributed by atoms with Crippen LogP contribution in [0.15, 0.2) is 55.0 Å². The fourth-order valence-electron chi connectivity index (χ4n) is 3.67. The van der Waals surface area contributed by atoms with E-state index in [2.05, 4.69) is 44.5 Å². The summed E-state index contributed by atoms with van der Waals surface area (Å²) < 4.78 is 5.50. The number of rotatable bonds is 4. The molecular formula is C24H29N5O2. The Labute approximate surface area is 183 Å². The molecule has 7 nitrogen and oxygen atoms in total. The van der Waals surface area contributed by atoms with E-state index >= 15 is 0 Å². The Hall–Kier alpha value is -3.35. The summed E-state index contributed by atoms with van der Waals surface area (Å²) in [5.74, 6) is 0. The van der Waals surface area contributed by atoms with Crippen LogP contribution in [-0.2, 0) is 11.3 Å². The second-order valence-electron chi connectivity index (χ2n) is 8.73. The molecule has 0 bridgehead atoms. The van der Waals surface area contributed by atoms with Gasteiger partial charge in [0.1, 0.15) is 5.60 Å². The van der Waals surface area contributed by atoms with E-state index in [-0.39, 0.29) is 6.09 Å². The maximum absolute atomic E-state index is 12.3. The number of piperazine rings is 1. The van der Waals surface area contributed by atoms with Crippen molar-refractivity contribution in [2.75, 3.05) is 36.4 Å². The van der Waals surface area contributed by atoms with Crippen LogP contribution >= 0.6 is 0 Å². The summed E-state index contributed by atoms with van der Waals surface area (Å²) in [6.07, 6.45) is 5.23. The van der Waals surface area contributed by atoms with Gasteiger partial charge in [-0.3, -0.25) is 9.97 Å². The number of hydrogen-bond acceptors (Lipinski definition) is 6. The van der Waals surface area contributed by atoms with Crippen LogP contribution in [0.2, 0.25) is 0 Å². The van der Waals surface area contributed by atoms with Gasteiger partial charge in [0.25, 0.3) is 0 Å². The van der Waals surface area contributed by atoms with Crippen molar-refractivity contribution in [3.63, 3.8) is 0 Å². The second-order valence-corrected chi connectivity index (χ2v) is 8.73. The fourth-order valence-corrected chi connectivity index (χ4v) is 3.67. The summed E-state index contributed by atoms with van der Waals surface area (Å²) in [6.45, 7) is 9.11. The number of carbonyl (C=O) groups is 1. The Bertz CT molecular complexity index is 1060. The minimum absolute atomic E-state index is 0.245. The summed E-state index contributed by atoms with van der Waals surface area (Å²) in [6, 6.07) is 12.4. The van der Waals surface area contributed by atoms with E-state index in [4.69, 9.17) is 4.74 Å². The van der Waals surface area contributed by atoms with Gasteiger partial charge in [-0.15, -0.1) is 0 Å². The topological polar surface area (TPSA) is 70.6 Å². The molecule has 0 atom stereocenters. The Kier molecular flexibility index (Phi) is 5.93. The van der Waals surface area contributed by atoms with E-state index in [9.17, 15) is 4.79 Å². The number of aromatic nitrogens is 2. The molecule has 1 aliphatic heterocycles. The molecule has 1 aliphatic rings. The Morgan fingerprint density at radius 1 is 1.10 bits per heavy atom. The maximum atomic E-state index is 12.3. The third-order valence-electron chi connectivity index (χ3n) is 5.22. The van der Waals surface area contributed by atoms with E-state index in [1.165, 1.54) is 0 Å². The molecule has 0 aliphatic carbocycles. The average Bonchev–Trinajstić information content (AvgIpc) is 2.77. The highest BCUT2D eigenvalue weighted by atomic mass is 16.6. The highest BCUT2D eigenvalue weighted by Gasteiger charge is 2.26. The van der Waals surface area contributed by atoms with Crippen molar-refractivity contribution in [3.8, 4) is 0 Å². The number of benzene rings is 1. The number of fused-ring (bicyclic) bond motifs is 1. The van der Waals surface area contributed by atoms with Crippen molar-refractivity contribution in [2.24, 2.45) is 0 Å². The number of nitrogens with zero attached hydrogens (tertiary/aromatic N) is 4. The van der Waals surface area contributed by atoms with E-state index < -0.39 is 5.60 Å². The predicted octanol–water partition coefficient (Wildman–Crippen LogP) is 4.30. The monoisotopic (exact) mass is 419 g/mol. The Balaban J connectivity index is 1.40. The zero-order chi connectivity index (χ0) is 21.8. The van der Waals surface area contributed by atoms with Gasteiger partial charge in [-0.05, 0) is 44.5 Å². The molecule has 0 radical (unpaired) electrons. The van der Waals surface area contributed by atoms with Crippen LogP contribution in [-0.4, -0.2) is 52.7 Å². The molecule has 1 N–H and O–H groups in total. The van der Waals surface area contributed by atoms with Gasteiger partial charge in [0, 0.05) is 50.5 Å². The summed E-state index contributed by atoms with van der Waals surface area (Å²) in [5.41, 5.74) is 3.75. The quantitative estimate of drug-likeness (QED) is 0.680. The summed E-state index contributed by atoms with van der Waals surface area (Å²) in [5, 5.41) is 4.65. The zero-order valence-electron chi connectivity index (χ0n) is 18.3. The van der Waals surface area contributed by atoms with Crippen LogP contribution < -0.4 is 10.2 Å². The molecule has 7 heteroatoms. The molecule has 0 unspecified atom stereocenters. The van der Waals surface area contributed by atoms with Crippen LogP contribution in [0.1, 0.15) is 26.3 Å². The van der Waals surface area contributed by atoms with Crippen molar-refractivity contribution >= 4 is 28.4 Å². The number of nitrogens with one attached hydrogen (secondary N) is 1. The van der Waals surface area contributed by atoms with Crippen molar-refractivity contribution in [1.29, 1.82) is 0 Å². The molecule has 2 aromatic heterocycles. The molecule has 1 amide bonds. The molecule has 162 valence electrons. The Morgan fingerprint density at radius 3 is 2.68 bits per heavy atom. The van der Waals surface area contributed by atoms with Gasteiger partial charge in [0.05, 0.1) is 23.1 Å². The van der Waals surface area contributed by atoms with E-state index in [0.717, 1.165) is 40.9 Å². The first-order valence-corrected chi connectivity index (χ1v) is 10.6. The lowest BCUT2D eigenvalue weighted by Gasteiger charge is -2.37. The lowest BCUT2D eigenvalue weighted by molar-refractivity contribution is 0.0240. The van der Waals surface area contributed by atoms with Gasteiger partial charge in [-0.2, -0.15) is 0 Å². The molecular weight excluding hydrogens is 390 g/mol. The van der Waals surface area contributed by atoms with E-state index in [1.807, 2.05) is 45.3 Å². The molecule has 1 fully saturated rings. The summed E-state index contributed by atoms with van der Waals surface area (Å²) in [4.78, 5) is 25.1. The smallest absolute Gasteiger partial charge is 0.410 e. The van der Waals surface area contributed by atoms with E-state index in [0.29, 0.717) is 19.6 Å². The van der Waals surface area contributed by atoms with Gasteiger partial charge >= 0.3 is 6.09 Å². The summed E-state index contributed by atoms with van der Waals surface area (Å²) in [7, 11) is 0. The Morgan fingerprint density at radius 2 is 1.90 bits per heavy atom. The van der Waals surface area contributed by atoms with Crippen molar-refractivity contribution in [1.82, 2.24) is 14.9 Å². The first-order chi connectivity index (χ1) is 14.9. The minimum Gasteiger partial charge on any atom is -0.444 e. The molecule has 0 spiro atoms.